The average molecular weight is 281 g/mol. The van der Waals surface area contributed by atoms with Crippen LogP contribution in [-0.4, -0.2) is 49.2 Å². The van der Waals surface area contributed by atoms with Crippen LogP contribution in [0.3, 0.4) is 0 Å². The number of methoxy groups -OCH3 is 1. The molecule has 8 heteroatoms. The number of ether oxygens (including phenoxy) is 2. The van der Waals surface area contributed by atoms with Gasteiger partial charge in [-0.25, -0.2) is 4.98 Å². The number of imidazole rings is 1. The third-order valence-electron chi connectivity index (χ3n) is 2.24. The Hall–Kier alpha value is -1.12. The van der Waals surface area contributed by atoms with Gasteiger partial charge in [0.1, 0.15) is 6.61 Å². The van der Waals surface area contributed by atoms with Gasteiger partial charge in [0.05, 0.1) is 25.2 Å². The van der Waals surface area contributed by atoms with Crippen LogP contribution >= 0.6 is 0 Å². The van der Waals surface area contributed by atoms with Crippen molar-refractivity contribution in [2.45, 2.75) is 19.3 Å². The lowest BCUT2D eigenvalue weighted by molar-refractivity contribution is -0.174. The second-order valence-electron chi connectivity index (χ2n) is 3.94. The summed E-state index contributed by atoms with van der Waals surface area (Å²) in [5.74, 6) is 0. The maximum Gasteiger partial charge on any atom is 0.411 e. The number of hydrogen-bond acceptors (Lipinski definition) is 4. The molecule has 0 aliphatic rings. The number of alkyl halides is 3. The van der Waals surface area contributed by atoms with E-state index in [0.29, 0.717) is 19.7 Å². The molecule has 1 rings (SSSR count). The molecule has 19 heavy (non-hydrogen) atoms. The second-order valence-corrected chi connectivity index (χ2v) is 3.94. The molecule has 0 saturated heterocycles. The minimum atomic E-state index is -4.27. The summed E-state index contributed by atoms with van der Waals surface area (Å²) in [4.78, 5) is 4.12. The molecule has 0 spiro atoms. The molecule has 5 nitrogen and oxygen atoms in total. The number of nitrogens with one attached hydrogen (secondary N) is 1. The molecule has 0 amide bonds. The van der Waals surface area contributed by atoms with Crippen molar-refractivity contribution in [2.24, 2.45) is 0 Å². The highest BCUT2D eigenvalue weighted by atomic mass is 19.4. The zero-order valence-electron chi connectivity index (χ0n) is 10.7. The first kappa shape index (κ1) is 15.9. The first-order valence-electron chi connectivity index (χ1n) is 5.86. The monoisotopic (exact) mass is 281 g/mol. The second kappa shape index (κ2) is 8.13. The lowest BCUT2D eigenvalue weighted by Gasteiger charge is -2.07. The Bertz CT molecular complexity index is 355. The third kappa shape index (κ3) is 7.81. The van der Waals surface area contributed by atoms with Crippen LogP contribution < -0.4 is 5.32 Å². The zero-order chi connectivity index (χ0) is 14.1. The van der Waals surface area contributed by atoms with Crippen LogP contribution in [0.15, 0.2) is 12.5 Å². The van der Waals surface area contributed by atoms with Crippen molar-refractivity contribution in [3.63, 3.8) is 0 Å². The summed E-state index contributed by atoms with van der Waals surface area (Å²) in [7, 11) is 1.62. The predicted molar refractivity (Wildman–Crippen MR) is 62.7 cm³/mol. The van der Waals surface area contributed by atoms with Crippen molar-refractivity contribution < 1.29 is 22.6 Å². The van der Waals surface area contributed by atoms with E-state index < -0.39 is 12.8 Å². The van der Waals surface area contributed by atoms with Gasteiger partial charge in [-0.15, -0.1) is 0 Å². The van der Waals surface area contributed by atoms with Crippen LogP contribution in [0.4, 0.5) is 13.2 Å². The Morgan fingerprint density at radius 1 is 1.37 bits per heavy atom. The van der Waals surface area contributed by atoms with Gasteiger partial charge in [-0.2, -0.15) is 13.2 Å². The summed E-state index contributed by atoms with van der Waals surface area (Å²) < 4.78 is 46.6. The van der Waals surface area contributed by atoms with Crippen LogP contribution in [0.25, 0.3) is 0 Å². The topological polar surface area (TPSA) is 48.3 Å². The van der Waals surface area contributed by atoms with E-state index in [-0.39, 0.29) is 6.61 Å². The van der Waals surface area contributed by atoms with Crippen LogP contribution in [0, 0.1) is 0 Å². The highest BCUT2D eigenvalue weighted by Gasteiger charge is 2.27. The summed E-state index contributed by atoms with van der Waals surface area (Å²) in [6.07, 6.45) is -0.924. The van der Waals surface area contributed by atoms with Crippen molar-refractivity contribution in [3.05, 3.63) is 18.2 Å². The molecule has 0 aromatic carbocycles. The van der Waals surface area contributed by atoms with Crippen LogP contribution in [0.2, 0.25) is 0 Å². The molecule has 0 unspecified atom stereocenters. The van der Waals surface area contributed by atoms with Gasteiger partial charge < -0.3 is 19.4 Å². The van der Waals surface area contributed by atoms with Gasteiger partial charge in [0.25, 0.3) is 0 Å². The fraction of sp³-hybridized carbons (Fsp3) is 0.727. The Balaban J connectivity index is 2.16. The van der Waals surface area contributed by atoms with Gasteiger partial charge in [0, 0.05) is 32.9 Å². The Morgan fingerprint density at radius 3 is 2.84 bits per heavy atom. The molecule has 1 heterocycles. The van der Waals surface area contributed by atoms with Gasteiger partial charge in [0.2, 0.25) is 0 Å². The summed E-state index contributed by atoms with van der Waals surface area (Å²) in [6.45, 7) is 1.07. The maximum absolute atomic E-state index is 11.8. The molecule has 0 atom stereocenters. The first-order valence-corrected chi connectivity index (χ1v) is 5.86. The van der Waals surface area contributed by atoms with Crippen LogP contribution in [0.5, 0.6) is 0 Å². The Kier molecular flexibility index (Phi) is 6.82. The molecule has 0 radical (unpaired) electrons. The van der Waals surface area contributed by atoms with Crippen molar-refractivity contribution in [2.75, 3.05) is 33.5 Å². The number of nitrogens with zero attached hydrogens (tertiary/aromatic N) is 2. The molecule has 1 aromatic rings. The lowest BCUT2D eigenvalue weighted by atomic mass is 10.4. The molecular formula is C11H18F3N3O2. The zero-order valence-corrected chi connectivity index (χ0v) is 10.7. The highest BCUT2D eigenvalue weighted by Crippen LogP contribution is 2.14. The fourth-order valence-electron chi connectivity index (χ4n) is 1.37. The average Bonchev–Trinajstić information content (AvgIpc) is 2.77. The number of hydrogen-bond donors (Lipinski definition) is 1. The van der Waals surface area contributed by atoms with E-state index >= 15 is 0 Å². The van der Waals surface area contributed by atoms with Gasteiger partial charge in [-0.05, 0) is 0 Å². The van der Waals surface area contributed by atoms with E-state index in [2.05, 4.69) is 15.0 Å². The minimum absolute atomic E-state index is 0.00636. The summed E-state index contributed by atoms with van der Waals surface area (Å²) in [6, 6.07) is 0. The van der Waals surface area contributed by atoms with Gasteiger partial charge in [-0.1, -0.05) is 0 Å². The molecule has 0 aliphatic carbocycles. The molecule has 0 saturated carbocycles. The normalized spacial score (nSPS) is 12.0. The van der Waals surface area contributed by atoms with E-state index in [1.807, 2.05) is 0 Å². The van der Waals surface area contributed by atoms with Crippen LogP contribution in [0.1, 0.15) is 5.69 Å². The molecule has 0 aliphatic heterocycles. The maximum atomic E-state index is 11.8. The molecular weight excluding hydrogens is 263 g/mol. The third-order valence-corrected chi connectivity index (χ3v) is 2.24. The van der Waals surface area contributed by atoms with Crippen molar-refractivity contribution in [3.8, 4) is 0 Å². The van der Waals surface area contributed by atoms with Crippen molar-refractivity contribution in [1.29, 1.82) is 0 Å². The highest BCUT2D eigenvalue weighted by molar-refractivity contribution is 4.95. The predicted octanol–water partition coefficient (Wildman–Crippen LogP) is 1.20. The Morgan fingerprint density at radius 2 is 2.16 bits per heavy atom. The van der Waals surface area contributed by atoms with Crippen molar-refractivity contribution >= 4 is 0 Å². The van der Waals surface area contributed by atoms with E-state index in [1.54, 1.807) is 24.2 Å². The Labute approximate surface area is 109 Å². The quantitative estimate of drug-likeness (QED) is 0.691. The molecule has 0 fully saturated rings. The number of halogens is 3. The smallest absolute Gasteiger partial charge is 0.383 e. The summed E-state index contributed by atoms with van der Waals surface area (Å²) in [5.41, 5.74) is 0.826. The molecule has 110 valence electrons. The molecule has 0 bridgehead atoms. The van der Waals surface area contributed by atoms with E-state index in [0.717, 1.165) is 12.2 Å². The van der Waals surface area contributed by atoms with Gasteiger partial charge in [0.15, 0.2) is 0 Å². The SMILES string of the molecule is COCCNCc1cn(CCOCC(F)(F)F)cn1. The van der Waals surface area contributed by atoms with Crippen molar-refractivity contribution in [1.82, 2.24) is 14.9 Å². The lowest BCUT2D eigenvalue weighted by Crippen LogP contribution is -2.19. The first-order chi connectivity index (χ1) is 9.01. The molecule has 1 aromatic heterocycles. The number of aromatic nitrogens is 2. The van der Waals surface area contributed by atoms with Gasteiger partial charge >= 0.3 is 6.18 Å². The standard InChI is InChI=1S/C11H18F3N3O2/c1-18-4-2-15-6-10-7-17(9-16-10)3-5-19-8-11(12,13)14/h7,9,15H,2-6,8H2,1H3. The number of rotatable bonds is 9. The summed E-state index contributed by atoms with van der Waals surface area (Å²) >= 11 is 0. The van der Waals surface area contributed by atoms with E-state index in [4.69, 9.17) is 4.74 Å². The van der Waals surface area contributed by atoms with E-state index in [9.17, 15) is 13.2 Å². The molecule has 1 N–H and O–H groups in total. The summed E-state index contributed by atoms with van der Waals surface area (Å²) in [5, 5.41) is 3.12. The van der Waals surface area contributed by atoms with E-state index in [1.165, 1.54) is 0 Å². The minimum Gasteiger partial charge on any atom is -0.383 e. The van der Waals surface area contributed by atoms with Gasteiger partial charge in [-0.3, -0.25) is 0 Å². The van der Waals surface area contributed by atoms with Crippen LogP contribution in [-0.2, 0) is 22.6 Å². The fourth-order valence-corrected chi connectivity index (χ4v) is 1.37. The largest absolute Gasteiger partial charge is 0.411 e.